The molecule has 5 nitrogen and oxygen atoms in total. The van der Waals surface area contributed by atoms with Crippen LogP contribution in [0.2, 0.25) is 0 Å². The van der Waals surface area contributed by atoms with Gasteiger partial charge in [0, 0.05) is 46.9 Å². The molecule has 1 amide bonds. The third-order valence-electron chi connectivity index (χ3n) is 5.95. The number of ketones is 1. The molecular weight excluding hydrogens is 410 g/mol. The molecule has 2 heterocycles. The SMILES string of the molecule is O=C(NC(Cc1ccccc1)C(=O)Cc1cccc2cnccc12)c1cccc2[nH]ccc12. The van der Waals surface area contributed by atoms with Gasteiger partial charge in [0.1, 0.15) is 0 Å². The minimum atomic E-state index is -0.647. The topological polar surface area (TPSA) is 74.8 Å². The van der Waals surface area contributed by atoms with Gasteiger partial charge in [-0.05, 0) is 47.2 Å². The van der Waals surface area contributed by atoms with Crippen molar-refractivity contribution in [3.8, 4) is 0 Å². The molecule has 2 N–H and O–H groups in total. The fourth-order valence-electron chi connectivity index (χ4n) is 4.27. The van der Waals surface area contributed by atoms with Crippen LogP contribution in [0.15, 0.2) is 97.5 Å². The number of amides is 1. The van der Waals surface area contributed by atoms with Gasteiger partial charge in [-0.15, -0.1) is 0 Å². The molecular formula is C28H23N3O2. The standard InChI is InChI=1S/C28H23N3O2/c32-27(17-20-8-4-9-21-18-29-14-12-22(20)21)26(16-19-6-2-1-3-7-19)31-28(33)24-10-5-11-25-23(24)13-15-30-25/h1-15,18,26,30H,16-17H2,(H,31,33). The molecule has 2 aromatic heterocycles. The van der Waals surface area contributed by atoms with E-state index in [1.54, 1.807) is 18.5 Å². The van der Waals surface area contributed by atoms with E-state index < -0.39 is 6.04 Å². The summed E-state index contributed by atoms with van der Waals surface area (Å²) in [6.07, 6.45) is 6.00. The predicted octanol–water partition coefficient (Wildman–Crippen LogP) is 4.87. The third kappa shape index (κ3) is 4.39. The number of carbonyl (C=O) groups excluding carboxylic acids is 2. The van der Waals surface area contributed by atoms with Gasteiger partial charge in [-0.2, -0.15) is 0 Å². The molecule has 0 radical (unpaired) electrons. The lowest BCUT2D eigenvalue weighted by Crippen LogP contribution is -2.43. The van der Waals surface area contributed by atoms with Crippen LogP contribution in [0.5, 0.6) is 0 Å². The monoisotopic (exact) mass is 433 g/mol. The van der Waals surface area contributed by atoms with Crippen molar-refractivity contribution in [1.82, 2.24) is 15.3 Å². The first kappa shape index (κ1) is 20.6. The molecule has 0 aliphatic carbocycles. The van der Waals surface area contributed by atoms with Crippen molar-refractivity contribution in [3.63, 3.8) is 0 Å². The highest BCUT2D eigenvalue weighted by molar-refractivity contribution is 6.08. The van der Waals surface area contributed by atoms with Gasteiger partial charge >= 0.3 is 0 Å². The van der Waals surface area contributed by atoms with Gasteiger partial charge in [0.2, 0.25) is 0 Å². The second-order valence-corrected chi connectivity index (χ2v) is 8.12. The van der Waals surface area contributed by atoms with Crippen molar-refractivity contribution in [2.45, 2.75) is 18.9 Å². The molecule has 0 bridgehead atoms. The number of hydrogen-bond donors (Lipinski definition) is 2. The molecule has 1 atom stereocenters. The number of rotatable bonds is 7. The third-order valence-corrected chi connectivity index (χ3v) is 5.95. The molecule has 5 aromatic rings. The lowest BCUT2D eigenvalue weighted by Gasteiger charge is -2.19. The van der Waals surface area contributed by atoms with Gasteiger partial charge < -0.3 is 10.3 Å². The number of aromatic amines is 1. The smallest absolute Gasteiger partial charge is 0.252 e. The van der Waals surface area contributed by atoms with E-state index >= 15 is 0 Å². The number of nitrogens with zero attached hydrogens (tertiary/aromatic N) is 1. The maximum absolute atomic E-state index is 13.5. The summed E-state index contributed by atoms with van der Waals surface area (Å²) in [5.74, 6) is -0.283. The van der Waals surface area contributed by atoms with Crippen LogP contribution in [-0.4, -0.2) is 27.7 Å². The fourth-order valence-corrected chi connectivity index (χ4v) is 4.27. The quantitative estimate of drug-likeness (QED) is 0.385. The number of Topliss-reactive ketones (excluding diaryl/α,β-unsaturated/α-hetero) is 1. The molecule has 0 fully saturated rings. The minimum absolute atomic E-state index is 0.0299. The van der Waals surface area contributed by atoms with Crippen molar-refractivity contribution in [2.24, 2.45) is 0 Å². The number of benzene rings is 3. The van der Waals surface area contributed by atoms with Gasteiger partial charge in [0.05, 0.1) is 6.04 Å². The maximum atomic E-state index is 13.5. The van der Waals surface area contributed by atoms with E-state index in [4.69, 9.17) is 0 Å². The van der Waals surface area contributed by atoms with E-state index in [9.17, 15) is 9.59 Å². The summed E-state index contributed by atoms with van der Waals surface area (Å²) in [5, 5.41) is 5.85. The maximum Gasteiger partial charge on any atom is 0.252 e. The van der Waals surface area contributed by atoms with Gasteiger partial charge in [-0.25, -0.2) is 0 Å². The Hall–Kier alpha value is -4.25. The number of carbonyl (C=O) groups is 2. The second kappa shape index (κ2) is 9.09. The summed E-state index contributed by atoms with van der Waals surface area (Å²) in [6, 6.07) is 24.4. The van der Waals surface area contributed by atoms with Crippen LogP contribution in [0.25, 0.3) is 21.7 Å². The van der Waals surface area contributed by atoms with Crippen LogP contribution in [0.4, 0.5) is 0 Å². The van der Waals surface area contributed by atoms with E-state index in [0.29, 0.717) is 12.0 Å². The Kier molecular flexibility index (Phi) is 5.68. The van der Waals surface area contributed by atoms with Crippen molar-refractivity contribution in [3.05, 3.63) is 114 Å². The lowest BCUT2D eigenvalue weighted by atomic mass is 9.95. The first-order chi connectivity index (χ1) is 16.2. The predicted molar refractivity (Wildman–Crippen MR) is 130 cm³/mol. The molecule has 3 aromatic carbocycles. The van der Waals surface area contributed by atoms with Crippen molar-refractivity contribution in [2.75, 3.05) is 0 Å². The molecule has 0 spiro atoms. The molecule has 162 valence electrons. The molecule has 5 heteroatoms. The van der Waals surface area contributed by atoms with Crippen molar-refractivity contribution in [1.29, 1.82) is 0 Å². The Balaban J connectivity index is 1.44. The van der Waals surface area contributed by atoms with Crippen LogP contribution in [0.1, 0.15) is 21.5 Å². The molecule has 5 rings (SSSR count). The summed E-state index contributed by atoms with van der Waals surface area (Å²) in [6.45, 7) is 0. The summed E-state index contributed by atoms with van der Waals surface area (Å²) in [4.78, 5) is 34.0. The molecule has 0 saturated carbocycles. The molecule has 0 aliphatic heterocycles. The minimum Gasteiger partial charge on any atom is -0.361 e. The zero-order chi connectivity index (χ0) is 22.6. The van der Waals surface area contributed by atoms with Gasteiger partial charge in [0.25, 0.3) is 5.91 Å². The zero-order valence-electron chi connectivity index (χ0n) is 18.0. The number of fused-ring (bicyclic) bond motifs is 2. The van der Waals surface area contributed by atoms with Gasteiger partial charge in [-0.3, -0.25) is 14.6 Å². The number of aromatic nitrogens is 2. The fraction of sp³-hybridized carbons (Fsp3) is 0.107. The molecule has 0 saturated heterocycles. The van der Waals surface area contributed by atoms with Crippen molar-refractivity contribution < 1.29 is 9.59 Å². The van der Waals surface area contributed by atoms with E-state index in [0.717, 1.165) is 32.8 Å². The van der Waals surface area contributed by atoms with Crippen LogP contribution in [0.3, 0.4) is 0 Å². The Morgan fingerprint density at radius 3 is 2.61 bits per heavy atom. The van der Waals surface area contributed by atoms with Crippen LogP contribution in [-0.2, 0) is 17.6 Å². The van der Waals surface area contributed by atoms with Gasteiger partial charge in [0.15, 0.2) is 5.78 Å². The van der Waals surface area contributed by atoms with E-state index in [1.807, 2.05) is 79.0 Å². The number of pyridine rings is 1. The summed E-state index contributed by atoms with van der Waals surface area (Å²) < 4.78 is 0. The zero-order valence-corrected chi connectivity index (χ0v) is 18.0. The first-order valence-corrected chi connectivity index (χ1v) is 10.9. The second-order valence-electron chi connectivity index (χ2n) is 8.12. The Labute approximate surface area is 191 Å². The Morgan fingerprint density at radius 2 is 1.73 bits per heavy atom. The largest absolute Gasteiger partial charge is 0.361 e. The highest BCUT2D eigenvalue weighted by Crippen LogP contribution is 2.20. The lowest BCUT2D eigenvalue weighted by molar-refractivity contribution is -0.120. The number of hydrogen-bond acceptors (Lipinski definition) is 3. The highest BCUT2D eigenvalue weighted by Gasteiger charge is 2.23. The Morgan fingerprint density at radius 1 is 0.879 bits per heavy atom. The van der Waals surface area contributed by atoms with E-state index in [2.05, 4.69) is 15.3 Å². The Bertz CT molecular complexity index is 1430. The van der Waals surface area contributed by atoms with Crippen molar-refractivity contribution >= 4 is 33.4 Å². The van der Waals surface area contributed by atoms with Crippen LogP contribution >= 0.6 is 0 Å². The van der Waals surface area contributed by atoms with Crippen LogP contribution < -0.4 is 5.32 Å². The molecule has 0 aliphatic rings. The summed E-state index contributed by atoms with van der Waals surface area (Å²) >= 11 is 0. The normalized spacial score (nSPS) is 12.0. The number of H-pyrrole nitrogens is 1. The van der Waals surface area contributed by atoms with E-state index in [-0.39, 0.29) is 18.1 Å². The average Bonchev–Trinajstić information content (AvgIpc) is 3.33. The van der Waals surface area contributed by atoms with Gasteiger partial charge in [-0.1, -0.05) is 54.6 Å². The van der Waals surface area contributed by atoms with Crippen LogP contribution in [0, 0.1) is 0 Å². The summed E-state index contributed by atoms with van der Waals surface area (Å²) in [7, 11) is 0. The molecule has 1 unspecified atom stereocenters. The summed E-state index contributed by atoms with van der Waals surface area (Å²) in [5.41, 5.74) is 3.37. The average molecular weight is 434 g/mol. The molecule has 33 heavy (non-hydrogen) atoms. The van der Waals surface area contributed by atoms with E-state index in [1.165, 1.54) is 0 Å². The number of nitrogens with one attached hydrogen (secondary N) is 2. The highest BCUT2D eigenvalue weighted by atomic mass is 16.2. The first-order valence-electron chi connectivity index (χ1n) is 10.9.